The van der Waals surface area contributed by atoms with Crippen molar-refractivity contribution in [3.8, 4) is 0 Å². The highest BCUT2D eigenvalue weighted by molar-refractivity contribution is 8.76. The Hall–Kier alpha value is -2.44. The van der Waals surface area contributed by atoms with Crippen LogP contribution >= 0.6 is 21.6 Å². The molecule has 2 aliphatic rings. The fourth-order valence-corrected chi connectivity index (χ4v) is 6.37. The third-order valence-electron chi connectivity index (χ3n) is 6.24. The van der Waals surface area contributed by atoms with Crippen molar-refractivity contribution in [2.45, 2.75) is 59.8 Å². The number of nitrogens with zero attached hydrogens (tertiary/aromatic N) is 8. The number of ether oxygens (including phenoxy) is 2. The van der Waals surface area contributed by atoms with Crippen LogP contribution < -0.4 is 0 Å². The maximum absolute atomic E-state index is 10.1. The lowest BCUT2D eigenvalue weighted by Gasteiger charge is -2.13. The number of hydrogen-bond donors (Lipinski definition) is 4. The average Bonchev–Trinajstić information content (AvgIpc) is 3.66. The van der Waals surface area contributed by atoms with Crippen LogP contribution in [0.3, 0.4) is 0 Å². The molecule has 14 nitrogen and oxygen atoms in total. The van der Waals surface area contributed by atoms with E-state index in [4.69, 9.17) is 9.47 Å². The van der Waals surface area contributed by atoms with Gasteiger partial charge in [0.25, 0.3) is 0 Å². The van der Waals surface area contributed by atoms with Crippen LogP contribution in [0.1, 0.15) is 25.3 Å². The van der Waals surface area contributed by atoms with Crippen molar-refractivity contribution < 1.29 is 29.9 Å². The molecule has 6 heterocycles. The van der Waals surface area contributed by atoms with E-state index in [9.17, 15) is 20.4 Å². The van der Waals surface area contributed by atoms with E-state index >= 15 is 0 Å². The molecule has 16 heteroatoms. The first-order valence-corrected chi connectivity index (χ1v) is 13.3. The highest BCUT2D eigenvalue weighted by Crippen LogP contribution is 2.41. The highest BCUT2D eigenvalue weighted by atomic mass is 33.1. The molecule has 4 N–H and O–H groups in total. The second kappa shape index (κ2) is 9.79. The zero-order valence-electron chi connectivity index (χ0n) is 18.6. The largest absolute Gasteiger partial charge is 0.394 e. The Morgan fingerprint density at radius 2 is 1.17 bits per heavy atom. The van der Waals surface area contributed by atoms with E-state index in [1.807, 2.05) is 0 Å². The minimum atomic E-state index is -0.768. The molecule has 2 aliphatic heterocycles. The molecule has 6 atom stereocenters. The van der Waals surface area contributed by atoms with Crippen LogP contribution in [0.2, 0.25) is 0 Å². The Labute approximate surface area is 211 Å². The summed E-state index contributed by atoms with van der Waals surface area (Å²) >= 11 is 0. The Morgan fingerprint density at radius 3 is 1.56 bits per heavy atom. The van der Waals surface area contributed by atoms with E-state index in [1.165, 1.54) is 34.2 Å². The van der Waals surface area contributed by atoms with Crippen molar-refractivity contribution in [1.29, 1.82) is 0 Å². The summed E-state index contributed by atoms with van der Waals surface area (Å²) in [6.45, 7) is -0.536. The van der Waals surface area contributed by atoms with Crippen molar-refractivity contribution in [3.05, 3.63) is 25.3 Å². The molecule has 4 aromatic heterocycles. The van der Waals surface area contributed by atoms with Gasteiger partial charge in [0.1, 0.15) is 58.4 Å². The quantitative estimate of drug-likeness (QED) is 0.184. The van der Waals surface area contributed by atoms with Gasteiger partial charge in [0.05, 0.1) is 38.1 Å². The molecule has 6 rings (SSSR count). The predicted molar refractivity (Wildman–Crippen MR) is 126 cm³/mol. The average molecular weight is 535 g/mol. The topological polar surface area (TPSA) is 187 Å². The summed E-state index contributed by atoms with van der Waals surface area (Å²) in [4.78, 5) is 26.3. The predicted octanol–water partition coefficient (Wildman–Crippen LogP) is 0.0468. The van der Waals surface area contributed by atoms with Crippen LogP contribution in [0.25, 0.3) is 22.3 Å². The van der Waals surface area contributed by atoms with Crippen LogP contribution in [0.4, 0.5) is 0 Å². The van der Waals surface area contributed by atoms with E-state index in [2.05, 4.69) is 29.9 Å². The lowest BCUT2D eigenvalue weighted by molar-refractivity contribution is -0.0432. The minimum absolute atomic E-state index is 0.268. The normalized spacial score (nSPS) is 28.6. The van der Waals surface area contributed by atoms with E-state index in [0.717, 1.165) is 0 Å². The second-order valence-electron chi connectivity index (χ2n) is 8.40. The van der Waals surface area contributed by atoms with Gasteiger partial charge in [-0.1, -0.05) is 0 Å². The fourth-order valence-electron chi connectivity index (χ4n) is 4.38. The summed E-state index contributed by atoms with van der Waals surface area (Å²) in [5.41, 5.74) is 2.24. The number of fused-ring (bicyclic) bond motifs is 2. The lowest BCUT2D eigenvalue weighted by Crippen LogP contribution is -2.24. The molecular weight excluding hydrogens is 512 g/mol. The van der Waals surface area contributed by atoms with Gasteiger partial charge in [-0.2, -0.15) is 0 Å². The first-order chi connectivity index (χ1) is 17.6. The molecule has 0 spiro atoms. The molecule has 0 bridgehead atoms. The summed E-state index contributed by atoms with van der Waals surface area (Å²) < 4.78 is 14.9. The number of hydrogen-bond acceptors (Lipinski definition) is 14. The summed E-state index contributed by atoms with van der Waals surface area (Å²) in [6, 6.07) is 0. The SMILES string of the molecule is OC[C@@H]1O[C@H](n2cnc3c(SSc4ncnc5c4ncn5[C@@H]4C[C@H](O)[C@H](CO)O4)ncnc32)C[C@H]1O. The van der Waals surface area contributed by atoms with Crippen molar-refractivity contribution in [2.75, 3.05) is 13.2 Å². The molecule has 190 valence electrons. The van der Waals surface area contributed by atoms with Gasteiger partial charge in [-0.25, -0.2) is 29.9 Å². The zero-order chi connectivity index (χ0) is 24.8. The van der Waals surface area contributed by atoms with Gasteiger partial charge >= 0.3 is 0 Å². The molecule has 2 fully saturated rings. The first kappa shape index (κ1) is 23.9. The molecule has 36 heavy (non-hydrogen) atoms. The van der Waals surface area contributed by atoms with Gasteiger partial charge in [-0.3, -0.25) is 9.13 Å². The maximum atomic E-state index is 10.1. The highest BCUT2D eigenvalue weighted by Gasteiger charge is 2.36. The summed E-state index contributed by atoms with van der Waals surface area (Å²) in [5, 5.41) is 40.1. The zero-order valence-corrected chi connectivity index (χ0v) is 20.2. The second-order valence-corrected chi connectivity index (χ2v) is 10.5. The van der Waals surface area contributed by atoms with Gasteiger partial charge in [0.2, 0.25) is 0 Å². The van der Waals surface area contributed by atoms with E-state index in [0.29, 0.717) is 45.2 Å². The van der Waals surface area contributed by atoms with Crippen LogP contribution in [0, 0.1) is 0 Å². The van der Waals surface area contributed by atoms with Gasteiger partial charge in [-0.15, -0.1) is 0 Å². The van der Waals surface area contributed by atoms with Crippen molar-refractivity contribution in [1.82, 2.24) is 39.0 Å². The lowest BCUT2D eigenvalue weighted by atomic mass is 10.2. The van der Waals surface area contributed by atoms with E-state index < -0.39 is 36.9 Å². The van der Waals surface area contributed by atoms with E-state index in [1.54, 1.807) is 21.8 Å². The Bertz CT molecular complexity index is 1280. The Morgan fingerprint density at radius 1 is 0.722 bits per heavy atom. The Balaban J connectivity index is 1.23. The van der Waals surface area contributed by atoms with Crippen LogP contribution in [0.15, 0.2) is 35.4 Å². The molecule has 0 unspecified atom stereocenters. The summed E-state index contributed by atoms with van der Waals surface area (Å²) in [7, 11) is 2.68. The van der Waals surface area contributed by atoms with E-state index in [-0.39, 0.29) is 13.2 Å². The van der Waals surface area contributed by atoms with Gasteiger partial charge < -0.3 is 29.9 Å². The molecule has 4 aromatic rings. The minimum Gasteiger partial charge on any atom is -0.394 e. The molecule has 2 saturated heterocycles. The number of imidazole rings is 2. The number of aliphatic hydroxyl groups excluding tert-OH is 4. The Kier molecular flexibility index (Phi) is 6.51. The molecule has 0 aliphatic carbocycles. The third-order valence-corrected chi connectivity index (χ3v) is 8.43. The molecule has 0 radical (unpaired) electrons. The summed E-state index contributed by atoms with van der Waals surface area (Å²) in [6.07, 6.45) is 2.87. The van der Waals surface area contributed by atoms with Crippen molar-refractivity contribution >= 4 is 43.9 Å². The van der Waals surface area contributed by atoms with Gasteiger partial charge in [0.15, 0.2) is 11.3 Å². The number of rotatable bonds is 7. The fraction of sp³-hybridized carbons (Fsp3) is 0.500. The van der Waals surface area contributed by atoms with Gasteiger partial charge in [-0.05, 0) is 21.6 Å². The number of aliphatic hydroxyl groups is 4. The van der Waals surface area contributed by atoms with Crippen molar-refractivity contribution in [3.63, 3.8) is 0 Å². The van der Waals surface area contributed by atoms with Crippen LogP contribution in [-0.2, 0) is 9.47 Å². The molecule has 0 amide bonds. The van der Waals surface area contributed by atoms with Crippen molar-refractivity contribution in [2.24, 2.45) is 0 Å². The van der Waals surface area contributed by atoms with Crippen LogP contribution in [-0.4, -0.2) is 97.1 Å². The molecule has 0 aromatic carbocycles. The smallest absolute Gasteiger partial charge is 0.166 e. The van der Waals surface area contributed by atoms with Gasteiger partial charge in [0, 0.05) is 12.8 Å². The summed E-state index contributed by atoms with van der Waals surface area (Å²) in [5.74, 6) is 0. The molecule has 0 saturated carbocycles. The molecular formula is C20H22N8O6S2. The standard InChI is InChI=1S/C20H22N8O6S2/c29-3-11-9(31)1-13(33-11)27-7-25-15-17(27)21-5-23-19(15)35-36-20-16-18(22-6-24-20)28(8-26-16)14-2-10(32)12(4-30)34-14/h5-14,29-32H,1-4H2/t9-,10+,11-,12-,13-,14-/m0/s1. The number of aromatic nitrogens is 8. The third kappa shape index (κ3) is 4.12. The van der Waals surface area contributed by atoms with Crippen LogP contribution in [0.5, 0.6) is 0 Å². The monoisotopic (exact) mass is 534 g/mol. The maximum Gasteiger partial charge on any atom is 0.166 e. The first-order valence-electron chi connectivity index (χ1n) is 11.2.